The molecule has 1 atom stereocenters. The number of hydrogen-bond acceptors (Lipinski definition) is 3. The van der Waals surface area contributed by atoms with Crippen LogP contribution in [0.3, 0.4) is 0 Å². The molecule has 23 heavy (non-hydrogen) atoms. The number of piperazine rings is 1. The molecule has 0 saturated carbocycles. The number of amides is 1. The van der Waals surface area contributed by atoms with E-state index in [0.717, 1.165) is 18.7 Å². The van der Waals surface area contributed by atoms with Crippen LogP contribution in [0.4, 0.5) is 0 Å². The maximum atomic E-state index is 13.0. The van der Waals surface area contributed by atoms with Crippen molar-refractivity contribution in [1.29, 1.82) is 5.26 Å². The molecular weight excluding hydrogens is 286 g/mol. The van der Waals surface area contributed by atoms with Gasteiger partial charge in [0.2, 0.25) is 0 Å². The zero-order chi connectivity index (χ0) is 16.2. The smallest absolute Gasteiger partial charge is 0.254 e. The Kier molecular flexibility index (Phi) is 4.40. The van der Waals surface area contributed by atoms with Crippen molar-refractivity contribution in [1.82, 2.24) is 9.80 Å². The first kappa shape index (κ1) is 15.3. The lowest BCUT2D eigenvalue weighted by Gasteiger charge is -2.40. The Morgan fingerprint density at radius 2 is 1.91 bits per heavy atom. The second kappa shape index (κ2) is 6.64. The van der Waals surface area contributed by atoms with Crippen LogP contribution in [0.1, 0.15) is 27.5 Å². The zero-order valence-corrected chi connectivity index (χ0v) is 13.1. The summed E-state index contributed by atoms with van der Waals surface area (Å²) in [7, 11) is 2.08. The summed E-state index contributed by atoms with van der Waals surface area (Å²) in [6.45, 7) is 2.35. The highest BCUT2D eigenvalue weighted by Gasteiger charge is 2.30. The molecule has 1 fully saturated rings. The van der Waals surface area contributed by atoms with Gasteiger partial charge >= 0.3 is 0 Å². The van der Waals surface area contributed by atoms with Crippen LogP contribution in [0.5, 0.6) is 0 Å². The number of benzene rings is 2. The number of likely N-dealkylation sites (N-methyl/N-ethyl adjacent to an activating group) is 1. The molecule has 0 bridgehead atoms. The van der Waals surface area contributed by atoms with E-state index in [-0.39, 0.29) is 11.9 Å². The molecule has 0 aromatic heterocycles. The maximum Gasteiger partial charge on any atom is 0.254 e. The molecule has 1 aliphatic heterocycles. The largest absolute Gasteiger partial charge is 0.329 e. The third-order valence-corrected chi connectivity index (χ3v) is 4.27. The van der Waals surface area contributed by atoms with Crippen LogP contribution in [-0.2, 0) is 0 Å². The van der Waals surface area contributed by atoms with Crippen molar-refractivity contribution in [2.75, 3.05) is 26.7 Å². The van der Waals surface area contributed by atoms with E-state index in [2.05, 4.69) is 30.1 Å². The fourth-order valence-electron chi connectivity index (χ4n) is 3.01. The van der Waals surface area contributed by atoms with Gasteiger partial charge in [0.15, 0.2) is 0 Å². The van der Waals surface area contributed by atoms with E-state index in [0.29, 0.717) is 17.7 Å². The highest BCUT2D eigenvalue weighted by atomic mass is 16.2. The summed E-state index contributed by atoms with van der Waals surface area (Å²) in [5.74, 6) is -0.0101. The highest BCUT2D eigenvalue weighted by Crippen LogP contribution is 2.26. The average Bonchev–Trinajstić information content (AvgIpc) is 2.62. The monoisotopic (exact) mass is 305 g/mol. The minimum atomic E-state index is -0.0101. The van der Waals surface area contributed by atoms with Gasteiger partial charge in [0, 0.05) is 25.2 Å². The average molecular weight is 305 g/mol. The molecule has 2 aromatic rings. The predicted octanol–water partition coefficient (Wildman–Crippen LogP) is 2.69. The van der Waals surface area contributed by atoms with E-state index in [4.69, 9.17) is 5.26 Å². The van der Waals surface area contributed by atoms with Gasteiger partial charge in [0.1, 0.15) is 0 Å². The van der Waals surface area contributed by atoms with Gasteiger partial charge in [0.25, 0.3) is 5.91 Å². The fourth-order valence-corrected chi connectivity index (χ4v) is 3.01. The molecule has 0 spiro atoms. The summed E-state index contributed by atoms with van der Waals surface area (Å²) in [6.07, 6.45) is 0. The number of nitrogens with zero attached hydrogens (tertiary/aromatic N) is 3. The third kappa shape index (κ3) is 3.25. The summed E-state index contributed by atoms with van der Waals surface area (Å²) in [5.41, 5.74) is 2.24. The standard InChI is InChI=1S/C19H19N3O/c1-21-10-11-22(18(14-21)16-7-3-2-4-8-16)19(23)17-9-5-6-15(12-17)13-20/h2-9,12,18H,10-11,14H2,1H3. The summed E-state index contributed by atoms with van der Waals surface area (Å²) < 4.78 is 0. The van der Waals surface area contributed by atoms with Crippen molar-refractivity contribution in [3.8, 4) is 6.07 Å². The van der Waals surface area contributed by atoms with Crippen molar-refractivity contribution in [3.63, 3.8) is 0 Å². The van der Waals surface area contributed by atoms with Crippen molar-refractivity contribution in [2.45, 2.75) is 6.04 Å². The Morgan fingerprint density at radius 3 is 2.65 bits per heavy atom. The molecule has 0 aliphatic carbocycles. The van der Waals surface area contributed by atoms with Crippen LogP contribution in [0.25, 0.3) is 0 Å². The van der Waals surface area contributed by atoms with Gasteiger partial charge in [-0.25, -0.2) is 0 Å². The van der Waals surface area contributed by atoms with E-state index in [9.17, 15) is 4.79 Å². The van der Waals surface area contributed by atoms with Gasteiger partial charge in [-0.3, -0.25) is 4.79 Å². The molecule has 2 aromatic carbocycles. The zero-order valence-electron chi connectivity index (χ0n) is 13.1. The Bertz CT molecular complexity index is 736. The number of nitriles is 1. The van der Waals surface area contributed by atoms with E-state index in [1.165, 1.54) is 0 Å². The number of hydrogen-bond donors (Lipinski definition) is 0. The molecule has 0 radical (unpaired) electrons. The molecule has 1 unspecified atom stereocenters. The molecule has 1 heterocycles. The normalized spacial score (nSPS) is 18.4. The Morgan fingerprint density at radius 1 is 1.13 bits per heavy atom. The van der Waals surface area contributed by atoms with E-state index in [1.54, 1.807) is 24.3 Å². The fraction of sp³-hybridized carbons (Fsp3) is 0.263. The molecule has 3 rings (SSSR count). The van der Waals surface area contributed by atoms with Gasteiger partial charge in [-0.15, -0.1) is 0 Å². The van der Waals surface area contributed by atoms with Gasteiger partial charge in [-0.2, -0.15) is 5.26 Å². The maximum absolute atomic E-state index is 13.0. The summed E-state index contributed by atoms with van der Waals surface area (Å²) in [4.78, 5) is 17.1. The lowest BCUT2D eigenvalue weighted by atomic mass is 10.0. The van der Waals surface area contributed by atoms with Gasteiger partial charge in [-0.05, 0) is 30.8 Å². The number of carbonyl (C=O) groups is 1. The Labute approximate surface area is 136 Å². The molecule has 116 valence electrons. The molecule has 4 heteroatoms. The van der Waals surface area contributed by atoms with E-state index < -0.39 is 0 Å². The Balaban J connectivity index is 1.92. The number of rotatable bonds is 2. The minimum Gasteiger partial charge on any atom is -0.329 e. The summed E-state index contributed by atoms with van der Waals surface area (Å²) >= 11 is 0. The first-order valence-corrected chi connectivity index (χ1v) is 7.73. The van der Waals surface area contributed by atoms with E-state index in [1.807, 2.05) is 23.1 Å². The molecule has 4 nitrogen and oxygen atoms in total. The second-order valence-corrected chi connectivity index (χ2v) is 5.88. The minimum absolute atomic E-state index is 0.0101. The molecule has 1 aliphatic rings. The second-order valence-electron chi connectivity index (χ2n) is 5.88. The quantitative estimate of drug-likeness (QED) is 0.857. The first-order valence-electron chi connectivity index (χ1n) is 7.73. The van der Waals surface area contributed by atoms with Crippen LogP contribution in [-0.4, -0.2) is 42.4 Å². The Hall–Kier alpha value is -2.64. The van der Waals surface area contributed by atoms with Crippen LogP contribution in [0, 0.1) is 11.3 Å². The van der Waals surface area contributed by atoms with Crippen LogP contribution in [0.2, 0.25) is 0 Å². The SMILES string of the molecule is CN1CCN(C(=O)c2cccc(C#N)c2)C(c2ccccc2)C1. The predicted molar refractivity (Wildman–Crippen MR) is 88.9 cm³/mol. The van der Waals surface area contributed by atoms with Crippen LogP contribution in [0.15, 0.2) is 54.6 Å². The molecule has 1 saturated heterocycles. The van der Waals surface area contributed by atoms with E-state index >= 15 is 0 Å². The summed E-state index contributed by atoms with van der Waals surface area (Å²) in [5, 5.41) is 9.04. The van der Waals surface area contributed by atoms with Gasteiger partial charge < -0.3 is 9.80 Å². The number of carbonyl (C=O) groups excluding carboxylic acids is 1. The third-order valence-electron chi connectivity index (χ3n) is 4.27. The lowest BCUT2D eigenvalue weighted by molar-refractivity contribution is 0.0498. The van der Waals surface area contributed by atoms with Gasteiger partial charge in [0.05, 0.1) is 17.7 Å². The molecule has 0 N–H and O–H groups in total. The first-order chi connectivity index (χ1) is 11.2. The van der Waals surface area contributed by atoms with Crippen LogP contribution >= 0.6 is 0 Å². The van der Waals surface area contributed by atoms with Gasteiger partial charge in [-0.1, -0.05) is 36.4 Å². The van der Waals surface area contributed by atoms with Crippen molar-refractivity contribution < 1.29 is 4.79 Å². The van der Waals surface area contributed by atoms with Crippen molar-refractivity contribution >= 4 is 5.91 Å². The molecule has 1 amide bonds. The van der Waals surface area contributed by atoms with Crippen molar-refractivity contribution in [2.24, 2.45) is 0 Å². The van der Waals surface area contributed by atoms with Crippen LogP contribution < -0.4 is 0 Å². The highest BCUT2D eigenvalue weighted by molar-refractivity contribution is 5.95. The summed E-state index contributed by atoms with van der Waals surface area (Å²) in [6, 6.07) is 19.2. The topological polar surface area (TPSA) is 47.3 Å². The lowest BCUT2D eigenvalue weighted by Crippen LogP contribution is -2.49. The molecular formula is C19H19N3O. The van der Waals surface area contributed by atoms with Crippen molar-refractivity contribution in [3.05, 3.63) is 71.3 Å².